The SMILES string of the molecule is Cc1nn(C)c2nc(-c3ccco3)cc(C(=O)NC(C(=O)Nc3ccccc3)c3ccccc3)c12. The molecule has 2 N–H and O–H groups in total. The molecule has 0 radical (unpaired) electrons. The van der Waals surface area contributed by atoms with Gasteiger partial charge >= 0.3 is 0 Å². The molecule has 1 atom stereocenters. The Morgan fingerprint density at radius 2 is 1.69 bits per heavy atom. The molecule has 0 bridgehead atoms. The molecule has 5 aromatic rings. The van der Waals surface area contributed by atoms with Gasteiger partial charge in [-0.15, -0.1) is 0 Å². The number of nitrogens with one attached hydrogen (secondary N) is 2. The van der Waals surface area contributed by atoms with Crippen molar-refractivity contribution in [2.75, 3.05) is 5.32 Å². The molecule has 2 aromatic carbocycles. The summed E-state index contributed by atoms with van der Waals surface area (Å²) in [5, 5.41) is 10.9. The molecule has 3 heterocycles. The van der Waals surface area contributed by atoms with Crippen molar-refractivity contribution in [3.05, 3.63) is 102 Å². The quantitative estimate of drug-likeness (QED) is 0.380. The van der Waals surface area contributed by atoms with Gasteiger partial charge in [-0.1, -0.05) is 48.5 Å². The Bertz CT molecular complexity index is 1490. The number of nitrogens with zero attached hydrogens (tertiary/aromatic N) is 3. The fourth-order valence-electron chi connectivity index (χ4n) is 4.06. The van der Waals surface area contributed by atoms with Gasteiger partial charge in [-0.05, 0) is 42.8 Å². The summed E-state index contributed by atoms with van der Waals surface area (Å²) in [5.41, 5.74) is 3.37. The van der Waals surface area contributed by atoms with Crippen molar-refractivity contribution in [3.8, 4) is 11.5 Å². The van der Waals surface area contributed by atoms with Crippen LogP contribution >= 0.6 is 0 Å². The molecule has 174 valence electrons. The normalized spacial score (nSPS) is 11.8. The minimum Gasteiger partial charge on any atom is -0.463 e. The largest absolute Gasteiger partial charge is 0.463 e. The van der Waals surface area contributed by atoms with Crippen LogP contribution in [0.15, 0.2) is 89.5 Å². The summed E-state index contributed by atoms with van der Waals surface area (Å²) in [6.07, 6.45) is 1.55. The Labute approximate surface area is 201 Å². The Hall–Kier alpha value is -4.72. The number of anilines is 1. The molecule has 3 aromatic heterocycles. The summed E-state index contributed by atoms with van der Waals surface area (Å²) < 4.78 is 7.15. The lowest BCUT2D eigenvalue weighted by Crippen LogP contribution is -2.37. The summed E-state index contributed by atoms with van der Waals surface area (Å²) >= 11 is 0. The van der Waals surface area contributed by atoms with Gasteiger partial charge < -0.3 is 15.1 Å². The highest BCUT2D eigenvalue weighted by Gasteiger charge is 2.26. The van der Waals surface area contributed by atoms with Crippen molar-refractivity contribution >= 4 is 28.5 Å². The molecule has 0 fully saturated rings. The van der Waals surface area contributed by atoms with E-state index in [1.54, 1.807) is 60.5 Å². The van der Waals surface area contributed by atoms with E-state index in [2.05, 4.69) is 20.7 Å². The maximum atomic E-state index is 13.7. The molecule has 0 aliphatic rings. The average Bonchev–Trinajstić information content (AvgIpc) is 3.51. The number of rotatable bonds is 6. The minimum atomic E-state index is -0.920. The number of hydrogen-bond acceptors (Lipinski definition) is 5. The third kappa shape index (κ3) is 4.41. The summed E-state index contributed by atoms with van der Waals surface area (Å²) in [6.45, 7) is 1.82. The summed E-state index contributed by atoms with van der Waals surface area (Å²) in [7, 11) is 1.77. The van der Waals surface area contributed by atoms with E-state index in [1.807, 2.05) is 43.3 Å². The number of carbonyl (C=O) groups excluding carboxylic acids is 2. The fraction of sp³-hybridized carbons (Fsp3) is 0.111. The molecule has 8 nitrogen and oxygen atoms in total. The van der Waals surface area contributed by atoms with Gasteiger partial charge in [0.25, 0.3) is 11.8 Å². The highest BCUT2D eigenvalue weighted by molar-refractivity contribution is 6.09. The number of carbonyl (C=O) groups is 2. The first kappa shape index (κ1) is 22.1. The first-order valence-corrected chi connectivity index (χ1v) is 11.1. The minimum absolute atomic E-state index is 0.352. The van der Waals surface area contributed by atoms with Crippen LogP contribution in [0.2, 0.25) is 0 Å². The Kier molecular flexibility index (Phi) is 5.85. The van der Waals surface area contributed by atoms with Gasteiger partial charge in [-0.2, -0.15) is 5.10 Å². The molecule has 1 unspecified atom stereocenters. The zero-order chi connectivity index (χ0) is 24.4. The number of fused-ring (bicyclic) bond motifs is 1. The van der Waals surface area contributed by atoms with E-state index >= 15 is 0 Å². The van der Waals surface area contributed by atoms with Crippen molar-refractivity contribution in [2.45, 2.75) is 13.0 Å². The van der Waals surface area contributed by atoms with Crippen LogP contribution in [0.25, 0.3) is 22.5 Å². The fourth-order valence-corrected chi connectivity index (χ4v) is 4.06. The third-order valence-electron chi connectivity index (χ3n) is 5.70. The smallest absolute Gasteiger partial charge is 0.253 e. The molecule has 0 aliphatic carbocycles. The van der Waals surface area contributed by atoms with Crippen LogP contribution in [-0.4, -0.2) is 26.6 Å². The third-order valence-corrected chi connectivity index (χ3v) is 5.70. The first-order valence-electron chi connectivity index (χ1n) is 11.1. The number of aromatic nitrogens is 3. The molecule has 5 rings (SSSR count). The average molecular weight is 466 g/mol. The van der Waals surface area contributed by atoms with Crippen LogP contribution in [0.4, 0.5) is 5.69 Å². The molecule has 0 aliphatic heterocycles. The van der Waals surface area contributed by atoms with E-state index in [0.29, 0.717) is 45.0 Å². The molecule has 0 spiro atoms. The van der Waals surface area contributed by atoms with Crippen molar-refractivity contribution in [2.24, 2.45) is 7.05 Å². The molecule has 2 amide bonds. The second-order valence-electron chi connectivity index (χ2n) is 8.11. The number of furan rings is 1. The number of amides is 2. The lowest BCUT2D eigenvalue weighted by atomic mass is 10.0. The van der Waals surface area contributed by atoms with Gasteiger partial charge in [-0.25, -0.2) is 4.98 Å². The number of pyridine rings is 1. The van der Waals surface area contributed by atoms with Crippen molar-refractivity contribution < 1.29 is 14.0 Å². The number of para-hydroxylation sites is 1. The van der Waals surface area contributed by atoms with E-state index < -0.39 is 11.9 Å². The van der Waals surface area contributed by atoms with Crippen molar-refractivity contribution in [3.63, 3.8) is 0 Å². The van der Waals surface area contributed by atoms with Gasteiger partial charge in [0.15, 0.2) is 11.4 Å². The van der Waals surface area contributed by atoms with E-state index in [9.17, 15) is 9.59 Å². The Morgan fingerprint density at radius 3 is 2.37 bits per heavy atom. The van der Waals surface area contributed by atoms with Crippen LogP contribution in [0.3, 0.4) is 0 Å². The molecule has 8 heteroatoms. The van der Waals surface area contributed by atoms with Crippen LogP contribution in [0, 0.1) is 6.92 Å². The van der Waals surface area contributed by atoms with Gasteiger partial charge in [-0.3, -0.25) is 14.3 Å². The highest BCUT2D eigenvalue weighted by atomic mass is 16.3. The number of benzene rings is 2. The van der Waals surface area contributed by atoms with Gasteiger partial charge in [0.05, 0.1) is 22.9 Å². The standard InChI is InChI=1S/C27H23N5O3/c1-17-23-20(16-21(22-14-9-15-35-22)29-25(23)32(2)31-17)26(33)30-24(18-10-5-3-6-11-18)27(34)28-19-12-7-4-8-13-19/h3-16,24H,1-2H3,(H,28,34)(H,30,33). The molecule has 0 saturated heterocycles. The van der Waals surface area contributed by atoms with E-state index in [1.165, 1.54) is 0 Å². The Balaban J connectivity index is 1.55. The second kappa shape index (κ2) is 9.26. The molecule has 35 heavy (non-hydrogen) atoms. The van der Waals surface area contributed by atoms with Gasteiger partial charge in [0.1, 0.15) is 11.7 Å². The number of hydrogen-bond donors (Lipinski definition) is 2. The molecular formula is C27H23N5O3. The highest BCUT2D eigenvalue weighted by Crippen LogP contribution is 2.28. The van der Waals surface area contributed by atoms with Crippen molar-refractivity contribution in [1.82, 2.24) is 20.1 Å². The maximum Gasteiger partial charge on any atom is 0.253 e. The number of aryl methyl sites for hydroxylation is 2. The van der Waals surface area contributed by atoms with Gasteiger partial charge in [0, 0.05) is 12.7 Å². The van der Waals surface area contributed by atoms with E-state index in [0.717, 1.165) is 0 Å². The van der Waals surface area contributed by atoms with E-state index in [-0.39, 0.29) is 5.91 Å². The summed E-state index contributed by atoms with van der Waals surface area (Å²) in [4.78, 5) is 31.7. The predicted molar refractivity (Wildman–Crippen MR) is 133 cm³/mol. The van der Waals surface area contributed by atoms with Crippen LogP contribution in [-0.2, 0) is 11.8 Å². The maximum absolute atomic E-state index is 13.7. The summed E-state index contributed by atoms with van der Waals surface area (Å²) in [5.74, 6) is -0.241. The van der Waals surface area contributed by atoms with Gasteiger partial charge in [0.2, 0.25) is 0 Å². The van der Waals surface area contributed by atoms with E-state index in [4.69, 9.17) is 4.42 Å². The summed E-state index contributed by atoms with van der Waals surface area (Å²) in [6, 6.07) is 22.5. The second-order valence-corrected chi connectivity index (χ2v) is 8.11. The topological polar surface area (TPSA) is 102 Å². The lowest BCUT2D eigenvalue weighted by molar-refractivity contribution is -0.118. The predicted octanol–water partition coefficient (Wildman–Crippen LogP) is 4.65. The molecular weight excluding hydrogens is 442 g/mol. The lowest BCUT2D eigenvalue weighted by Gasteiger charge is -2.19. The zero-order valence-corrected chi connectivity index (χ0v) is 19.2. The van der Waals surface area contributed by atoms with Crippen LogP contribution in [0.5, 0.6) is 0 Å². The van der Waals surface area contributed by atoms with Crippen molar-refractivity contribution in [1.29, 1.82) is 0 Å². The van der Waals surface area contributed by atoms with Crippen LogP contribution < -0.4 is 10.6 Å². The zero-order valence-electron chi connectivity index (χ0n) is 19.2. The first-order chi connectivity index (χ1) is 17.0. The Morgan fingerprint density at radius 1 is 0.971 bits per heavy atom. The van der Waals surface area contributed by atoms with Crippen LogP contribution in [0.1, 0.15) is 27.7 Å². The molecule has 0 saturated carbocycles. The monoisotopic (exact) mass is 465 g/mol.